The predicted molar refractivity (Wildman–Crippen MR) is 55.1 cm³/mol. The smallest absolute Gasteiger partial charge is 0.396 e. The molecule has 0 aliphatic carbocycles. The average Bonchev–Trinajstić information content (AvgIpc) is 2.28. The number of nitrogens with one attached hydrogen (secondary N) is 1. The van der Waals surface area contributed by atoms with Gasteiger partial charge in [-0.2, -0.15) is 0 Å². The van der Waals surface area contributed by atoms with Crippen LogP contribution in [0, 0.1) is 5.82 Å². The van der Waals surface area contributed by atoms with E-state index in [1.165, 1.54) is 12.1 Å². The van der Waals surface area contributed by atoms with E-state index in [-0.39, 0.29) is 12.4 Å². The minimum absolute atomic E-state index is 0.261. The summed E-state index contributed by atoms with van der Waals surface area (Å²) in [5.41, 5.74) is 0.755. The lowest BCUT2D eigenvalue weighted by Gasteiger charge is -2.03. The molecule has 1 amide bonds. The fourth-order valence-corrected chi connectivity index (χ4v) is 1.18. The van der Waals surface area contributed by atoms with E-state index in [0.717, 1.165) is 12.7 Å². The molecule has 0 saturated heterocycles. The summed E-state index contributed by atoms with van der Waals surface area (Å²) in [6.07, 6.45) is 0.459. The number of ether oxygens (including phenoxy) is 1. The maximum absolute atomic E-state index is 12.8. The molecule has 1 N–H and O–H groups in total. The molecule has 0 aliphatic heterocycles. The van der Waals surface area contributed by atoms with Crippen molar-refractivity contribution < 1.29 is 18.7 Å². The van der Waals surface area contributed by atoms with E-state index in [2.05, 4.69) is 10.1 Å². The molecule has 0 unspecified atom stereocenters. The number of hydrogen-bond acceptors (Lipinski definition) is 3. The van der Waals surface area contributed by atoms with Crippen LogP contribution in [-0.4, -0.2) is 25.5 Å². The van der Waals surface area contributed by atoms with Crippen molar-refractivity contribution in [1.82, 2.24) is 5.32 Å². The van der Waals surface area contributed by atoms with Crippen LogP contribution in [0.4, 0.5) is 4.39 Å². The third kappa shape index (κ3) is 3.68. The zero-order chi connectivity index (χ0) is 12.0. The standard InChI is InChI=1S/C11H12FNO3/c1-16-11(15)10(14)13-6-5-8-3-2-4-9(12)7-8/h2-4,7H,5-6H2,1H3,(H,13,14). The maximum atomic E-state index is 12.8. The molecular formula is C11H12FNO3. The third-order valence-electron chi connectivity index (χ3n) is 1.96. The van der Waals surface area contributed by atoms with Gasteiger partial charge in [0.2, 0.25) is 0 Å². The number of methoxy groups -OCH3 is 1. The summed E-state index contributed by atoms with van der Waals surface area (Å²) >= 11 is 0. The highest BCUT2D eigenvalue weighted by Gasteiger charge is 2.11. The Balaban J connectivity index is 2.36. The first-order valence-corrected chi connectivity index (χ1v) is 4.74. The molecule has 1 rings (SSSR count). The normalized spacial score (nSPS) is 9.62. The summed E-state index contributed by atoms with van der Waals surface area (Å²) in [4.78, 5) is 21.7. The second kappa shape index (κ2) is 5.85. The molecule has 16 heavy (non-hydrogen) atoms. The van der Waals surface area contributed by atoms with Crippen LogP contribution in [0.15, 0.2) is 24.3 Å². The van der Waals surface area contributed by atoms with Gasteiger partial charge in [0.25, 0.3) is 0 Å². The Morgan fingerprint density at radius 1 is 1.44 bits per heavy atom. The molecule has 0 aliphatic rings. The van der Waals surface area contributed by atoms with Crippen molar-refractivity contribution in [2.75, 3.05) is 13.7 Å². The summed E-state index contributed by atoms with van der Waals surface area (Å²) in [5.74, 6) is -2.05. The molecule has 5 heteroatoms. The summed E-state index contributed by atoms with van der Waals surface area (Å²) in [6, 6.07) is 6.06. The summed E-state index contributed by atoms with van der Waals surface area (Å²) in [6.45, 7) is 0.261. The lowest BCUT2D eigenvalue weighted by atomic mass is 10.1. The Hall–Kier alpha value is -1.91. The topological polar surface area (TPSA) is 55.4 Å². The molecule has 0 aromatic heterocycles. The highest BCUT2D eigenvalue weighted by Crippen LogP contribution is 2.03. The van der Waals surface area contributed by atoms with Crippen LogP contribution in [0.2, 0.25) is 0 Å². The molecule has 86 valence electrons. The van der Waals surface area contributed by atoms with Gasteiger partial charge in [-0.15, -0.1) is 0 Å². The van der Waals surface area contributed by atoms with Gasteiger partial charge in [0.05, 0.1) is 7.11 Å². The van der Waals surface area contributed by atoms with E-state index >= 15 is 0 Å². The van der Waals surface area contributed by atoms with Gasteiger partial charge in [0.1, 0.15) is 5.82 Å². The summed E-state index contributed by atoms with van der Waals surface area (Å²) in [7, 11) is 1.13. The van der Waals surface area contributed by atoms with Gasteiger partial charge in [0, 0.05) is 6.54 Å². The van der Waals surface area contributed by atoms with Gasteiger partial charge >= 0.3 is 11.9 Å². The molecule has 0 atom stereocenters. The van der Waals surface area contributed by atoms with E-state index in [0.29, 0.717) is 6.42 Å². The second-order valence-corrected chi connectivity index (χ2v) is 3.13. The number of hydrogen-bond donors (Lipinski definition) is 1. The van der Waals surface area contributed by atoms with Crippen molar-refractivity contribution in [3.05, 3.63) is 35.6 Å². The fourth-order valence-electron chi connectivity index (χ4n) is 1.18. The van der Waals surface area contributed by atoms with Crippen molar-refractivity contribution in [2.24, 2.45) is 0 Å². The lowest BCUT2D eigenvalue weighted by Crippen LogP contribution is -2.33. The molecule has 0 spiro atoms. The number of esters is 1. The number of carbonyl (C=O) groups is 2. The van der Waals surface area contributed by atoms with Gasteiger partial charge in [0.15, 0.2) is 0 Å². The first-order chi connectivity index (χ1) is 7.63. The molecule has 4 nitrogen and oxygen atoms in total. The summed E-state index contributed by atoms with van der Waals surface area (Å²) < 4.78 is 17.0. The summed E-state index contributed by atoms with van der Waals surface area (Å²) in [5, 5.41) is 2.37. The Morgan fingerprint density at radius 2 is 2.19 bits per heavy atom. The van der Waals surface area contributed by atoms with Gasteiger partial charge in [-0.05, 0) is 24.1 Å². The Bertz CT molecular complexity index is 393. The van der Waals surface area contributed by atoms with Crippen molar-refractivity contribution in [2.45, 2.75) is 6.42 Å². The van der Waals surface area contributed by atoms with E-state index in [4.69, 9.17) is 0 Å². The monoisotopic (exact) mass is 225 g/mol. The van der Waals surface area contributed by atoms with E-state index < -0.39 is 11.9 Å². The molecule has 0 bridgehead atoms. The minimum Gasteiger partial charge on any atom is -0.462 e. The second-order valence-electron chi connectivity index (χ2n) is 3.13. The number of halogens is 1. The van der Waals surface area contributed by atoms with Crippen LogP contribution >= 0.6 is 0 Å². The fraction of sp³-hybridized carbons (Fsp3) is 0.273. The molecule has 1 aromatic rings. The van der Waals surface area contributed by atoms with Gasteiger partial charge < -0.3 is 10.1 Å². The Labute approximate surface area is 92.4 Å². The van der Waals surface area contributed by atoms with Crippen molar-refractivity contribution in [3.63, 3.8) is 0 Å². The van der Waals surface area contributed by atoms with E-state index in [1.807, 2.05) is 0 Å². The van der Waals surface area contributed by atoms with Gasteiger partial charge in [-0.25, -0.2) is 9.18 Å². The first kappa shape index (κ1) is 12.2. The molecule has 1 aromatic carbocycles. The largest absolute Gasteiger partial charge is 0.462 e. The average molecular weight is 225 g/mol. The van der Waals surface area contributed by atoms with Crippen molar-refractivity contribution in [3.8, 4) is 0 Å². The SMILES string of the molecule is COC(=O)C(=O)NCCc1cccc(F)c1. The molecule has 0 saturated carbocycles. The van der Waals surface area contributed by atoms with Crippen LogP contribution in [0.3, 0.4) is 0 Å². The van der Waals surface area contributed by atoms with Gasteiger partial charge in [-0.3, -0.25) is 4.79 Å². The molecular weight excluding hydrogens is 213 g/mol. The van der Waals surface area contributed by atoms with Crippen molar-refractivity contribution >= 4 is 11.9 Å². The lowest BCUT2D eigenvalue weighted by molar-refractivity contribution is -0.152. The number of carbonyl (C=O) groups excluding carboxylic acids is 2. The van der Waals surface area contributed by atoms with Crippen molar-refractivity contribution in [1.29, 1.82) is 0 Å². The number of benzene rings is 1. The van der Waals surface area contributed by atoms with Gasteiger partial charge in [-0.1, -0.05) is 12.1 Å². The third-order valence-corrected chi connectivity index (χ3v) is 1.96. The molecule has 0 fully saturated rings. The number of amides is 1. The van der Waals surface area contributed by atoms with Crippen LogP contribution in [0.5, 0.6) is 0 Å². The zero-order valence-corrected chi connectivity index (χ0v) is 8.83. The molecule has 0 heterocycles. The quantitative estimate of drug-likeness (QED) is 0.607. The number of rotatable bonds is 3. The Kier molecular flexibility index (Phi) is 4.44. The van der Waals surface area contributed by atoms with Crippen LogP contribution in [0.25, 0.3) is 0 Å². The van der Waals surface area contributed by atoms with Crippen LogP contribution in [0.1, 0.15) is 5.56 Å². The van der Waals surface area contributed by atoms with Crippen LogP contribution < -0.4 is 5.32 Å². The predicted octanol–water partition coefficient (Wildman–Crippen LogP) is 0.657. The Morgan fingerprint density at radius 3 is 2.81 bits per heavy atom. The molecule has 0 radical (unpaired) electrons. The zero-order valence-electron chi connectivity index (χ0n) is 8.83. The first-order valence-electron chi connectivity index (χ1n) is 4.74. The highest BCUT2D eigenvalue weighted by atomic mass is 19.1. The highest BCUT2D eigenvalue weighted by molar-refractivity contribution is 6.32. The van der Waals surface area contributed by atoms with E-state index in [1.54, 1.807) is 12.1 Å². The maximum Gasteiger partial charge on any atom is 0.396 e. The van der Waals surface area contributed by atoms with E-state index in [9.17, 15) is 14.0 Å². The minimum atomic E-state index is -0.931. The van der Waals surface area contributed by atoms with Crippen LogP contribution in [-0.2, 0) is 20.7 Å².